The third-order valence-electron chi connectivity index (χ3n) is 11.5. The highest BCUT2D eigenvalue weighted by Crippen LogP contribution is 2.37. The highest BCUT2D eigenvalue weighted by molar-refractivity contribution is 6.08. The van der Waals surface area contributed by atoms with E-state index in [0.29, 0.717) is 57.0 Å². The Morgan fingerprint density at radius 3 is 1.89 bits per heavy atom. The number of ether oxygens (including phenoxy) is 2. The van der Waals surface area contributed by atoms with Crippen molar-refractivity contribution in [1.29, 1.82) is 0 Å². The van der Waals surface area contributed by atoms with E-state index in [1.54, 1.807) is 25.4 Å². The second kappa shape index (κ2) is 18.9. The van der Waals surface area contributed by atoms with Gasteiger partial charge in [0.1, 0.15) is 28.5 Å². The number of piperidine rings is 2. The topological polar surface area (TPSA) is 276 Å². The zero-order valence-corrected chi connectivity index (χ0v) is 36.4. The lowest BCUT2D eigenvalue weighted by atomic mass is 9.89. The van der Waals surface area contributed by atoms with Gasteiger partial charge in [0.15, 0.2) is 52.0 Å². The van der Waals surface area contributed by atoms with Gasteiger partial charge in [-0.05, 0) is 69.0 Å². The summed E-state index contributed by atoms with van der Waals surface area (Å²) in [4.78, 5) is 66.7. The van der Waals surface area contributed by atoms with Gasteiger partial charge in [-0.25, -0.2) is 43.7 Å². The van der Waals surface area contributed by atoms with E-state index in [4.69, 9.17) is 26.7 Å². The van der Waals surface area contributed by atoms with E-state index >= 15 is 4.39 Å². The van der Waals surface area contributed by atoms with Crippen molar-refractivity contribution < 1.29 is 27.8 Å². The van der Waals surface area contributed by atoms with E-state index in [-0.39, 0.29) is 74.4 Å². The molecule has 66 heavy (non-hydrogen) atoms. The number of nitrogens with one attached hydrogen (secondary N) is 3. The lowest BCUT2D eigenvalue weighted by molar-refractivity contribution is 0.101. The molecule has 0 unspecified atom stereocenters. The summed E-state index contributed by atoms with van der Waals surface area (Å²) >= 11 is 0. The molecule has 0 saturated carbocycles. The Balaban J connectivity index is 1.07. The third-order valence-corrected chi connectivity index (χ3v) is 11.5. The van der Waals surface area contributed by atoms with Crippen molar-refractivity contribution in [2.45, 2.75) is 43.7 Å². The van der Waals surface area contributed by atoms with E-state index in [0.717, 1.165) is 12.8 Å². The SMILES string of the molecule is COCC1(N)CCN(c2cccnc2NC(=O)c2nc(-c3ncccc3F)cnc2Nc2cnc(-c3cnc(N)c(C(=O)Nc4ncccc4N4CCC(C)(N)CC4)n3)c(F)c2OC)CC1. The molecule has 22 heteroatoms. The molecule has 8 rings (SSSR count). The van der Waals surface area contributed by atoms with Crippen LogP contribution in [0, 0.1) is 11.6 Å². The molecule has 6 aromatic rings. The van der Waals surface area contributed by atoms with Gasteiger partial charge in [-0.1, -0.05) is 0 Å². The molecule has 0 spiro atoms. The number of methoxy groups -OCH3 is 2. The van der Waals surface area contributed by atoms with Crippen LogP contribution in [0.15, 0.2) is 73.6 Å². The van der Waals surface area contributed by atoms with Crippen LogP contribution in [0.2, 0.25) is 0 Å². The summed E-state index contributed by atoms with van der Waals surface area (Å²) in [6.07, 6.45) is 10.8. The number of anilines is 7. The van der Waals surface area contributed by atoms with Crippen LogP contribution in [0.5, 0.6) is 5.75 Å². The van der Waals surface area contributed by atoms with Gasteiger partial charge in [0.25, 0.3) is 11.8 Å². The predicted molar refractivity (Wildman–Crippen MR) is 243 cm³/mol. The second-order valence-electron chi connectivity index (χ2n) is 16.3. The Kier molecular flexibility index (Phi) is 12.9. The number of nitrogens with zero attached hydrogens (tertiary/aromatic N) is 10. The molecule has 342 valence electrons. The Bertz CT molecular complexity index is 2760. The summed E-state index contributed by atoms with van der Waals surface area (Å²) in [5.74, 6) is -3.50. The molecule has 0 aliphatic carbocycles. The summed E-state index contributed by atoms with van der Waals surface area (Å²) in [7, 11) is 2.83. The Labute approximate surface area is 377 Å². The summed E-state index contributed by atoms with van der Waals surface area (Å²) in [5, 5.41) is 8.50. The monoisotopic (exact) mass is 902 g/mol. The van der Waals surface area contributed by atoms with Crippen LogP contribution >= 0.6 is 0 Å². The molecule has 2 fully saturated rings. The van der Waals surface area contributed by atoms with Crippen LogP contribution < -0.4 is 47.7 Å². The van der Waals surface area contributed by atoms with Gasteiger partial charge in [0.05, 0.1) is 43.7 Å². The lowest BCUT2D eigenvalue weighted by Crippen LogP contribution is -2.53. The Hall–Kier alpha value is -7.56. The maximum absolute atomic E-state index is 16.6. The number of aromatic nitrogens is 8. The molecule has 0 aromatic carbocycles. The largest absolute Gasteiger partial charge is 0.491 e. The fourth-order valence-corrected chi connectivity index (χ4v) is 7.78. The highest BCUT2D eigenvalue weighted by Gasteiger charge is 2.33. The number of pyridine rings is 4. The Morgan fingerprint density at radius 2 is 1.27 bits per heavy atom. The average molecular weight is 903 g/mol. The molecule has 2 saturated heterocycles. The van der Waals surface area contributed by atoms with E-state index in [9.17, 15) is 14.0 Å². The number of nitrogen functional groups attached to an aromatic ring is 1. The fourth-order valence-electron chi connectivity index (χ4n) is 7.78. The molecule has 20 nitrogen and oxygen atoms in total. The van der Waals surface area contributed by atoms with Crippen LogP contribution in [0.4, 0.5) is 49.1 Å². The fraction of sp³-hybridized carbons (Fsp3) is 0.318. The molecule has 0 bridgehead atoms. The van der Waals surface area contributed by atoms with E-state index < -0.39 is 29.0 Å². The smallest absolute Gasteiger partial charge is 0.279 e. The van der Waals surface area contributed by atoms with E-state index in [1.165, 1.54) is 50.2 Å². The summed E-state index contributed by atoms with van der Waals surface area (Å²) < 4.78 is 42.4. The first-order valence-electron chi connectivity index (χ1n) is 21.0. The molecule has 6 aromatic heterocycles. The van der Waals surface area contributed by atoms with Crippen LogP contribution in [0.25, 0.3) is 22.8 Å². The summed E-state index contributed by atoms with van der Waals surface area (Å²) in [5.41, 5.74) is 18.2. The quantitative estimate of drug-likeness (QED) is 0.0927. The van der Waals surface area contributed by atoms with Crippen LogP contribution in [-0.4, -0.2) is 110 Å². The van der Waals surface area contributed by atoms with Gasteiger partial charge in [-0.3, -0.25) is 14.6 Å². The number of amides is 2. The number of carbonyl (C=O) groups is 2. The number of hydrogen-bond donors (Lipinski definition) is 6. The van der Waals surface area contributed by atoms with Crippen molar-refractivity contribution in [2.75, 3.05) is 78.5 Å². The van der Waals surface area contributed by atoms with Gasteiger partial charge in [0, 0.05) is 63.0 Å². The van der Waals surface area contributed by atoms with E-state index in [1.807, 2.05) is 19.1 Å². The van der Waals surface area contributed by atoms with Crippen molar-refractivity contribution in [3.63, 3.8) is 0 Å². The lowest BCUT2D eigenvalue weighted by Gasteiger charge is -2.40. The summed E-state index contributed by atoms with van der Waals surface area (Å²) in [6, 6.07) is 9.78. The molecule has 2 aliphatic rings. The maximum atomic E-state index is 16.6. The first-order chi connectivity index (χ1) is 31.8. The normalized spacial score (nSPS) is 15.5. The van der Waals surface area contributed by atoms with E-state index in [2.05, 4.69) is 65.6 Å². The number of hydrogen-bond acceptors (Lipinski definition) is 18. The molecule has 9 N–H and O–H groups in total. The molecule has 8 heterocycles. The first-order valence-corrected chi connectivity index (χ1v) is 21.0. The molecule has 0 radical (unpaired) electrons. The summed E-state index contributed by atoms with van der Waals surface area (Å²) in [6.45, 7) is 4.87. The molecule has 2 aliphatic heterocycles. The maximum Gasteiger partial charge on any atom is 0.279 e. The molecular weight excluding hydrogens is 855 g/mol. The number of halogens is 2. The van der Waals surface area contributed by atoms with Gasteiger partial charge >= 0.3 is 0 Å². The minimum atomic E-state index is -1.00. The van der Waals surface area contributed by atoms with Gasteiger partial charge in [-0.2, -0.15) is 0 Å². The molecular formula is C44H48F2N16O4. The van der Waals surface area contributed by atoms with Crippen LogP contribution in [-0.2, 0) is 4.74 Å². The van der Waals surface area contributed by atoms with Crippen molar-refractivity contribution in [1.82, 2.24) is 39.9 Å². The van der Waals surface area contributed by atoms with Gasteiger partial charge in [0.2, 0.25) is 0 Å². The van der Waals surface area contributed by atoms with Crippen LogP contribution in [0.1, 0.15) is 53.6 Å². The van der Waals surface area contributed by atoms with Crippen LogP contribution in [0.3, 0.4) is 0 Å². The molecule has 0 atom stereocenters. The second-order valence-corrected chi connectivity index (χ2v) is 16.3. The standard InChI is InChI=1S/C44H48F2N16O4/c1-43(48)10-17-61(18-11-43)29-8-5-15-51-38(29)59-41(63)34-37(47)54-21-27(56-34)33-31(46)36(66-3)28(23-53-33)58-40-35(57-26(22-55-40)32-25(45)7-4-14-50-32)42(64)60-39-30(9-6-16-52-39)62-19-12-44(49,13-20-62)24-65-2/h4-9,14-16,21-23H,10-13,17-20,24,48-49H2,1-3H3,(H2,47,54)(H,55,58)(H,51,59,63)(H,52,60,64). The number of rotatable bonds is 13. The van der Waals surface area contributed by atoms with Crippen molar-refractivity contribution in [2.24, 2.45) is 11.5 Å². The van der Waals surface area contributed by atoms with Crippen molar-refractivity contribution in [3.8, 4) is 28.5 Å². The van der Waals surface area contributed by atoms with Crippen molar-refractivity contribution in [3.05, 3.63) is 96.6 Å². The first kappa shape index (κ1) is 45.0. The van der Waals surface area contributed by atoms with Crippen molar-refractivity contribution >= 4 is 52.1 Å². The average Bonchev–Trinajstić information content (AvgIpc) is 3.30. The Morgan fingerprint density at radius 1 is 0.712 bits per heavy atom. The predicted octanol–water partition coefficient (Wildman–Crippen LogP) is 4.56. The zero-order chi connectivity index (χ0) is 46.6. The minimum absolute atomic E-state index is 0.0585. The highest BCUT2D eigenvalue weighted by atomic mass is 19.1. The van der Waals surface area contributed by atoms with Gasteiger partial charge < -0.3 is 52.4 Å². The van der Waals surface area contributed by atoms with Gasteiger partial charge in [-0.15, -0.1) is 0 Å². The minimum Gasteiger partial charge on any atom is -0.491 e. The zero-order valence-electron chi connectivity index (χ0n) is 36.4. The molecule has 2 amide bonds. The number of carbonyl (C=O) groups excluding carboxylic acids is 2. The number of nitrogens with two attached hydrogens (primary N) is 3. The third kappa shape index (κ3) is 9.60.